The van der Waals surface area contributed by atoms with Crippen molar-refractivity contribution in [2.24, 2.45) is 0 Å². The maximum absolute atomic E-state index is 12.0. The first-order chi connectivity index (χ1) is 8.51. The van der Waals surface area contributed by atoms with Crippen molar-refractivity contribution in [1.29, 1.82) is 0 Å². The normalized spacial score (nSPS) is 12.0. The van der Waals surface area contributed by atoms with E-state index >= 15 is 0 Å². The number of aryl methyl sites for hydroxylation is 2. The second-order valence-electron chi connectivity index (χ2n) is 4.53. The van der Waals surface area contributed by atoms with Crippen LogP contribution >= 0.6 is 0 Å². The van der Waals surface area contributed by atoms with E-state index < -0.39 is 12.6 Å². The monoisotopic (exact) mass is 264 g/mol. The van der Waals surface area contributed by atoms with Gasteiger partial charge in [0, 0.05) is 5.10 Å². The summed E-state index contributed by atoms with van der Waals surface area (Å²) < 4.78 is 39.3. The van der Waals surface area contributed by atoms with Gasteiger partial charge in [-0.25, -0.2) is 4.57 Å². The van der Waals surface area contributed by atoms with Gasteiger partial charge < -0.3 is 0 Å². The van der Waals surface area contributed by atoms with Gasteiger partial charge in [-0.1, -0.05) is 32.6 Å². The lowest BCUT2D eigenvalue weighted by Gasteiger charge is -2.01. The van der Waals surface area contributed by atoms with Crippen LogP contribution in [-0.2, 0) is 13.1 Å². The Balaban J connectivity index is 2.22. The third-order valence-electron chi connectivity index (χ3n) is 2.77. The number of nitrogens with zero attached hydrogens (tertiary/aromatic N) is 3. The molecule has 0 saturated carbocycles. The van der Waals surface area contributed by atoms with Crippen LogP contribution in [0.5, 0.6) is 0 Å². The predicted octanol–water partition coefficient (Wildman–Crippen LogP) is 3.09. The standard InChI is InChI=1S/C12H21F3N3/c1-2-3-4-5-6-8-17-10-16-18(11-17)9-7-12(13,14)15/h10-11H,2-9H2,1H3/q+1. The van der Waals surface area contributed by atoms with E-state index in [2.05, 4.69) is 12.0 Å². The van der Waals surface area contributed by atoms with Gasteiger partial charge in [0.25, 0.3) is 6.33 Å². The summed E-state index contributed by atoms with van der Waals surface area (Å²) in [6.07, 6.45) is 4.19. The van der Waals surface area contributed by atoms with Crippen molar-refractivity contribution in [3.63, 3.8) is 0 Å². The summed E-state index contributed by atoms with van der Waals surface area (Å²) in [5.41, 5.74) is 0. The molecule has 0 unspecified atom stereocenters. The first-order valence-corrected chi connectivity index (χ1v) is 6.49. The van der Waals surface area contributed by atoms with E-state index in [1.54, 1.807) is 12.7 Å². The molecule has 0 fully saturated rings. The highest BCUT2D eigenvalue weighted by atomic mass is 19.4. The SMILES string of the molecule is CCCCCCC[n+]1cnn(CCC(F)(F)F)c1. The Morgan fingerprint density at radius 3 is 2.56 bits per heavy atom. The van der Waals surface area contributed by atoms with Crippen molar-refractivity contribution in [2.45, 2.75) is 64.7 Å². The van der Waals surface area contributed by atoms with Crippen LogP contribution in [0.2, 0.25) is 0 Å². The summed E-state index contributed by atoms with van der Waals surface area (Å²) in [4.78, 5) is 0. The average molecular weight is 264 g/mol. The molecular weight excluding hydrogens is 243 g/mol. The molecule has 3 nitrogen and oxygen atoms in total. The number of alkyl halides is 3. The van der Waals surface area contributed by atoms with E-state index in [-0.39, 0.29) is 6.54 Å². The van der Waals surface area contributed by atoms with Crippen molar-refractivity contribution in [2.75, 3.05) is 0 Å². The molecule has 0 atom stereocenters. The predicted molar refractivity (Wildman–Crippen MR) is 61.9 cm³/mol. The van der Waals surface area contributed by atoms with E-state index in [1.165, 1.54) is 23.9 Å². The molecule has 1 aromatic heterocycles. The molecule has 0 aliphatic carbocycles. The Hall–Kier alpha value is -1.07. The molecule has 0 bridgehead atoms. The lowest BCUT2D eigenvalue weighted by atomic mass is 10.1. The molecule has 104 valence electrons. The third-order valence-corrected chi connectivity index (χ3v) is 2.77. The highest BCUT2D eigenvalue weighted by molar-refractivity contribution is 4.53. The summed E-state index contributed by atoms with van der Waals surface area (Å²) in [6.45, 7) is 2.89. The maximum atomic E-state index is 12.0. The number of rotatable bonds is 8. The molecular formula is C12H21F3N3+. The van der Waals surface area contributed by atoms with Crippen molar-refractivity contribution >= 4 is 0 Å². The molecule has 6 heteroatoms. The molecule has 0 spiro atoms. The lowest BCUT2D eigenvalue weighted by molar-refractivity contribution is -0.698. The van der Waals surface area contributed by atoms with E-state index in [0.29, 0.717) is 0 Å². The number of aromatic nitrogens is 3. The molecule has 1 aromatic rings. The summed E-state index contributed by atoms with van der Waals surface area (Å²) in [5, 5.41) is 3.91. The molecule has 0 radical (unpaired) electrons. The van der Waals surface area contributed by atoms with Gasteiger partial charge in [0.1, 0.15) is 6.54 Å². The fraction of sp³-hybridized carbons (Fsp3) is 0.833. The van der Waals surface area contributed by atoms with Crippen LogP contribution < -0.4 is 4.57 Å². The van der Waals surface area contributed by atoms with Crippen molar-refractivity contribution in [1.82, 2.24) is 9.78 Å². The molecule has 0 amide bonds. The molecule has 0 aliphatic heterocycles. The van der Waals surface area contributed by atoms with E-state index in [0.717, 1.165) is 19.4 Å². The number of unbranched alkanes of at least 4 members (excludes halogenated alkanes) is 4. The summed E-state index contributed by atoms with van der Waals surface area (Å²) in [5.74, 6) is 0. The summed E-state index contributed by atoms with van der Waals surface area (Å²) in [6, 6.07) is 0. The molecule has 0 N–H and O–H groups in total. The molecule has 0 aliphatic rings. The minimum absolute atomic E-state index is 0.105. The zero-order valence-corrected chi connectivity index (χ0v) is 10.8. The molecule has 1 rings (SSSR count). The molecule has 0 aromatic carbocycles. The topological polar surface area (TPSA) is 21.7 Å². The maximum Gasteiger partial charge on any atom is 0.392 e. The first-order valence-electron chi connectivity index (χ1n) is 6.49. The van der Waals surface area contributed by atoms with Crippen molar-refractivity contribution in [3.8, 4) is 0 Å². The highest BCUT2D eigenvalue weighted by Crippen LogP contribution is 2.19. The van der Waals surface area contributed by atoms with Gasteiger partial charge in [-0.2, -0.15) is 13.2 Å². The smallest absolute Gasteiger partial charge is 0.237 e. The highest BCUT2D eigenvalue weighted by Gasteiger charge is 2.28. The van der Waals surface area contributed by atoms with Gasteiger partial charge in [0.15, 0.2) is 0 Å². The second kappa shape index (κ2) is 7.38. The number of hydrogen-bond donors (Lipinski definition) is 0. The summed E-state index contributed by atoms with van der Waals surface area (Å²) in [7, 11) is 0. The van der Waals surface area contributed by atoms with Gasteiger partial charge in [-0.15, -0.1) is 4.68 Å². The average Bonchev–Trinajstić information content (AvgIpc) is 2.73. The molecule has 0 saturated heterocycles. The van der Waals surface area contributed by atoms with Gasteiger partial charge in [0.05, 0.1) is 13.0 Å². The van der Waals surface area contributed by atoms with Crippen LogP contribution in [0.15, 0.2) is 12.7 Å². The van der Waals surface area contributed by atoms with Crippen LogP contribution in [-0.4, -0.2) is 16.0 Å². The van der Waals surface area contributed by atoms with Crippen LogP contribution in [0, 0.1) is 0 Å². The van der Waals surface area contributed by atoms with Gasteiger partial charge >= 0.3 is 6.18 Å². The van der Waals surface area contributed by atoms with Crippen molar-refractivity contribution < 1.29 is 17.7 Å². The molecule has 1 heterocycles. The van der Waals surface area contributed by atoms with Gasteiger partial charge in [-0.3, -0.25) is 0 Å². The van der Waals surface area contributed by atoms with E-state index in [9.17, 15) is 13.2 Å². The largest absolute Gasteiger partial charge is 0.392 e. The van der Waals surface area contributed by atoms with Crippen LogP contribution in [0.25, 0.3) is 0 Å². The Morgan fingerprint density at radius 1 is 1.17 bits per heavy atom. The number of halogens is 3. The Kier molecular flexibility index (Phi) is 6.15. The van der Waals surface area contributed by atoms with Crippen LogP contribution in [0.3, 0.4) is 0 Å². The van der Waals surface area contributed by atoms with Gasteiger partial charge in [0.2, 0.25) is 6.33 Å². The quantitative estimate of drug-likeness (QED) is 0.522. The summed E-state index contributed by atoms with van der Waals surface area (Å²) >= 11 is 0. The second-order valence-corrected chi connectivity index (χ2v) is 4.53. The Morgan fingerprint density at radius 2 is 1.89 bits per heavy atom. The van der Waals surface area contributed by atoms with E-state index in [1.807, 2.05) is 4.57 Å². The first kappa shape index (κ1) is 15.0. The minimum atomic E-state index is -4.11. The Labute approximate surface area is 106 Å². The zero-order valence-electron chi connectivity index (χ0n) is 10.8. The fourth-order valence-electron chi connectivity index (χ4n) is 1.73. The zero-order chi connectivity index (χ0) is 13.4. The van der Waals surface area contributed by atoms with E-state index in [4.69, 9.17) is 0 Å². The van der Waals surface area contributed by atoms with Gasteiger partial charge in [-0.05, 0) is 6.42 Å². The van der Waals surface area contributed by atoms with Crippen molar-refractivity contribution in [3.05, 3.63) is 12.7 Å². The van der Waals surface area contributed by atoms with Crippen LogP contribution in [0.1, 0.15) is 45.4 Å². The van der Waals surface area contributed by atoms with Crippen LogP contribution in [0.4, 0.5) is 13.2 Å². The lowest BCUT2D eigenvalue weighted by Crippen LogP contribution is -2.31. The minimum Gasteiger partial charge on any atom is -0.237 e. The Bertz CT molecular complexity index is 334. The molecule has 18 heavy (non-hydrogen) atoms. The number of hydrogen-bond acceptors (Lipinski definition) is 1. The fourth-order valence-corrected chi connectivity index (χ4v) is 1.73. The third kappa shape index (κ3) is 6.61.